The molecule has 3 atom stereocenters. The van der Waals surface area contributed by atoms with Crippen LogP contribution in [0.15, 0.2) is 5.11 Å². The highest BCUT2D eigenvalue weighted by Gasteiger charge is 2.45. The first-order valence-corrected chi connectivity index (χ1v) is 6.43. The third-order valence-corrected chi connectivity index (χ3v) is 4.41. The van der Waals surface area contributed by atoms with Crippen LogP contribution >= 0.6 is 11.8 Å². The highest BCUT2D eigenvalue weighted by molar-refractivity contribution is 8.00. The smallest absolute Gasteiger partial charge is 0.243 e. The maximum atomic E-state index is 12.1. The van der Waals surface area contributed by atoms with Crippen molar-refractivity contribution < 1.29 is 9.59 Å². The molecule has 0 aromatic heterocycles. The van der Waals surface area contributed by atoms with E-state index in [0.29, 0.717) is 12.2 Å². The minimum Gasteiger partial charge on any atom is -0.357 e. The number of amides is 2. The fraction of sp³-hybridized carbons (Fsp3) is 0.778. The van der Waals surface area contributed by atoms with E-state index in [1.165, 1.54) is 0 Å². The molecule has 0 aromatic carbocycles. The summed E-state index contributed by atoms with van der Waals surface area (Å²) < 4.78 is 0. The molecule has 17 heavy (non-hydrogen) atoms. The first-order valence-electron chi connectivity index (χ1n) is 5.38. The predicted octanol–water partition coefficient (Wildman–Crippen LogP) is 0.475. The van der Waals surface area contributed by atoms with Crippen molar-refractivity contribution in [2.75, 3.05) is 12.8 Å². The molecule has 2 saturated heterocycles. The molecule has 1 unspecified atom stereocenters. The Hall–Kier alpha value is -1.40. The lowest BCUT2D eigenvalue weighted by Crippen LogP contribution is -2.54. The molecule has 2 aliphatic heterocycles. The van der Waals surface area contributed by atoms with Gasteiger partial charge < -0.3 is 10.2 Å². The SMILES string of the molecule is CNC(=O)[C@@H]1CSC2CC[C@H](N=[N+]=[N-])C(=O)N21. The van der Waals surface area contributed by atoms with Gasteiger partial charge in [0.2, 0.25) is 11.8 Å². The van der Waals surface area contributed by atoms with Gasteiger partial charge in [-0.05, 0) is 18.4 Å². The molecule has 2 heterocycles. The van der Waals surface area contributed by atoms with Gasteiger partial charge in [0.25, 0.3) is 0 Å². The van der Waals surface area contributed by atoms with Gasteiger partial charge in [-0.15, -0.1) is 11.8 Å². The summed E-state index contributed by atoms with van der Waals surface area (Å²) in [4.78, 5) is 28.0. The molecular weight excluding hydrogens is 242 g/mol. The molecule has 2 aliphatic rings. The minimum atomic E-state index is -0.651. The molecule has 0 spiro atoms. The van der Waals surface area contributed by atoms with Gasteiger partial charge in [0.15, 0.2) is 0 Å². The van der Waals surface area contributed by atoms with E-state index in [1.807, 2.05) is 0 Å². The first kappa shape index (κ1) is 12.1. The van der Waals surface area contributed by atoms with Crippen molar-refractivity contribution in [1.29, 1.82) is 0 Å². The van der Waals surface area contributed by atoms with E-state index in [4.69, 9.17) is 5.53 Å². The van der Waals surface area contributed by atoms with Crippen LogP contribution in [0.25, 0.3) is 10.4 Å². The number of fused-ring (bicyclic) bond motifs is 1. The van der Waals surface area contributed by atoms with Gasteiger partial charge in [-0.1, -0.05) is 5.11 Å². The standard InChI is InChI=1S/C9H13N5O2S/c1-11-8(15)6-4-17-7-3-2-5(12-13-10)9(16)14(6)7/h5-7H,2-4H2,1H3,(H,11,15)/t5-,6-,7?/m0/s1. The highest BCUT2D eigenvalue weighted by atomic mass is 32.2. The maximum absolute atomic E-state index is 12.1. The molecule has 0 saturated carbocycles. The quantitative estimate of drug-likeness (QED) is 0.441. The van der Waals surface area contributed by atoms with Gasteiger partial charge in [0.1, 0.15) is 12.1 Å². The van der Waals surface area contributed by atoms with Crippen molar-refractivity contribution in [3.05, 3.63) is 10.4 Å². The van der Waals surface area contributed by atoms with E-state index in [1.54, 1.807) is 23.7 Å². The summed E-state index contributed by atoms with van der Waals surface area (Å²) in [5, 5.41) is 6.10. The third-order valence-electron chi connectivity index (χ3n) is 3.06. The molecule has 0 bridgehead atoms. The molecule has 8 heteroatoms. The Kier molecular flexibility index (Phi) is 3.44. The van der Waals surface area contributed by atoms with Crippen molar-refractivity contribution in [1.82, 2.24) is 10.2 Å². The summed E-state index contributed by atoms with van der Waals surface area (Å²) in [5.74, 6) is 0.228. The summed E-state index contributed by atoms with van der Waals surface area (Å²) in [7, 11) is 1.56. The Balaban J connectivity index is 2.20. The Bertz CT molecular complexity index is 395. The van der Waals surface area contributed by atoms with Crippen molar-refractivity contribution in [3.8, 4) is 0 Å². The molecule has 2 fully saturated rings. The molecular formula is C9H13N5O2S. The van der Waals surface area contributed by atoms with Crippen LogP contribution in [0.3, 0.4) is 0 Å². The Morgan fingerprint density at radius 3 is 3.06 bits per heavy atom. The summed E-state index contributed by atoms with van der Waals surface area (Å²) >= 11 is 1.61. The monoisotopic (exact) mass is 255 g/mol. The Morgan fingerprint density at radius 1 is 1.65 bits per heavy atom. The van der Waals surface area contributed by atoms with Gasteiger partial charge in [0, 0.05) is 17.7 Å². The van der Waals surface area contributed by atoms with Crippen LogP contribution in [-0.2, 0) is 9.59 Å². The average molecular weight is 255 g/mol. The fourth-order valence-corrected chi connectivity index (χ4v) is 3.65. The third kappa shape index (κ3) is 2.05. The van der Waals surface area contributed by atoms with E-state index < -0.39 is 12.1 Å². The Labute approximate surface area is 103 Å². The molecule has 2 amide bonds. The second kappa shape index (κ2) is 4.85. The average Bonchev–Trinajstić information content (AvgIpc) is 2.76. The maximum Gasteiger partial charge on any atom is 0.243 e. The van der Waals surface area contributed by atoms with E-state index >= 15 is 0 Å². The van der Waals surface area contributed by atoms with Crippen LogP contribution in [0.2, 0.25) is 0 Å². The predicted molar refractivity (Wildman–Crippen MR) is 63.1 cm³/mol. The number of likely N-dealkylation sites (N-methyl/N-ethyl adjacent to an activating group) is 1. The molecule has 7 nitrogen and oxygen atoms in total. The Morgan fingerprint density at radius 2 is 2.41 bits per heavy atom. The summed E-state index contributed by atoms with van der Waals surface area (Å²) in [6.45, 7) is 0. The lowest BCUT2D eigenvalue weighted by molar-refractivity contribution is -0.142. The molecule has 2 rings (SSSR count). The van der Waals surface area contributed by atoms with Crippen LogP contribution in [-0.4, -0.2) is 47.0 Å². The van der Waals surface area contributed by atoms with Crippen LogP contribution in [0, 0.1) is 0 Å². The molecule has 92 valence electrons. The van der Waals surface area contributed by atoms with Crippen molar-refractivity contribution in [3.63, 3.8) is 0 Å². The van der Waals surface area contributed by atoms with Gasteiger partial charge in [0.05, 0.1) is 5.37 Å². The zero-order chi connectivity index (χ0) is 12.4. The van der Waals surface area contributed by atoms with E-state index in [-0.39, 0.29) is 17.2 Å². The van der Waals surface area contributed by atoms with Crippen molar-refractivity contribution >= 4 is 23.6 Å². The van der Waals surface area contributed by atoms with Crippen molar-refractivity contribution in [2.24, 2.45) is 5.11 Å². The second-order valence-corrected chi connectivity index (χ2v) is 5.17. The van der Waals surface area contributed by atoms with E-state index in [9.17, 15) is 9.59 Å². The second-order valence-electron chi connectivity index (χ2n) is 3.96. The van der Waals surface area contributed by atoms with Crippen LogP contribution < -0.4 is 5.32 Å². The topological polar surface area (TPSA) is 98.2 Å². The molecule has 0 aromatic rings. The summed E-state index contributed by atoms with van der Waals surface area (Å²) in [6.07, 6.45) is 1.34. The number of hydrogen-bond donors (Lipinski definition) is 1. The molecule has 0 aliphatic carbocycles. The van der Waals surface area contributed by atoms with Gasteiger partial charge in [-0.25, -0.2) is 0 Å². The number of carbonyl (C=O) groups excluding carboxylic acids is 2. The number of carbonyl (C=O) groups is 2. The minimum absolute atomic E-state index is 0.0509. The van der Waals surface area contributed by atoms with Gasteiger partial charge in [-0.2, -0.15) is 0 Å². The van der Waals surface area contributed by atoms with E-state index in [2.05, 4.69) is 15.3 Å². The number of nitrogens with zero attached hydrogens (tertiary/aromatic N) is 4. The zero-order valence-electron chi connectivity index (χ0n) is 9.37. The summed E-state index contributed by atoms with van der Waals surface area (Å²) in [6, 6.07) is -1.08. The van der Waals surface area contributed by atoms with Crippen LogP contribution in [0.1, 0.15) is 12.8 Å². The molecule has 0 radical (unpaired) electrons. The largest absolute Gasteiger partial charge is 0.357 e. The van der Waals surface area contributed by atoms with Gasteiger partial charge >= 0.3 is 0 Å². The lowest BCUT2D eigenvalue weighted by atomic mass is 10.0. The highest BCUT2D eigenvalue weighted by Crippen LogP contribution is 2.37. The van der Waals surface area contributed by atoms with E-state index in [0.717, 1.165) is 6.42 Å². The molecule has 1 N–H and O–H groups in total. The lowest BCUT2D eigenvalue weighted by Gasteiger charge is -2.34. The number of thioether (sulfide) groups is 1. The van der Waals surface area contributed by atoms with Crippen LogP contribution in [0.5, 0.6) is 0 Å². The van der Waals surface area contributed by atoms with Crippen LogP contribution in [0.4, 0.5) is 0 Å². The number of hydrogen-bond acceptors (Lipinski definition) is 4. The zero-order valence-corrected chi connectivity index (χ0v) is 10.2. The number of piperidine rings is 1. The van der Waals surface area contributed by atoms with Crippen molar-refractivity contribution in [2.45, 2.75) is 30.3 Å². The number of rotatable bonds is 2. The number of nitrogens with one attached hydrogen (secondary N) is 1. The summed E-state index contributed by atoms with van der Waals surface area (Å²) in [5.41, 5.74) is 8.40. The fourth-order valence-electron chi connectivity index (χ4n) is 2.22. The van der Waals surface area contributed by atoms with Gasteiger partial charge in [-0.3, -0.25) is 9.59 Å². The normalized spacial score (nSPS) is 31.7. The number of azide groups is 1. The first-order chi connectivity index (χ1) is 8.19.